The molecule has 2 N–H and O–H groups in total. The van der Waals surface area contributed by atoms with Gasteiger partial charge in [0.05, 0.1) is 16.3 Å². The maximum absolute atomic E-state index is 11.9. The van der Waals surface area contributed by atoms with E-state index < -0.39 is 15.3 Å². The van der Waals surface area contributed by atoms with E-state index in [1.807, 2.05) is 12.1 Å². The van der Waals surface area contributed by atoms with Crippen LogP contribution in [0.4, 0.5) is 0 Å². The van der Waals surface area contributed by atoms with E-state index in [0.717, 1.165) is 36.7 Å². The molecule has 0 saturated heterocycles. The van der Waals surface area contributed by atoms with Crippen molar-refractivity contribution >= 4 is 32.7 Å². The molecule has 1 aromatic carbocycles. The highest BCUT2D eigenvalue weighted by molar-refractivity contribution is 7.90. The van der Waals surface area contributed by atoms with Crippen LogP contribution in [0.5, 0.6) is 6.01 Å². The Balaban J connectivity index is 1.57. The first kappa shape index (κ1) is 17.5. The van der Waals surface area contributed by atoms with Gasteiger partial charge in [0.25, 0.3) is 6.01 Å². The third kappa shape index (κ3) is 4.02. The lowest BCUT2D eigenvalue weighted by atomic mass is 9.94. The molecule has 8 heteroatoms. The topological polar surface area (TPSA) is 84.1 Å². The van der Waals surface area contributed by atoms with Gasteiger partial charge in [-0.05, 0) is 57.7 Å². The average molecular weight is 372 g/mol. The monoisotopic (exact) mass is 371 g/mol. The van der Waals surface area contributed by atoms with E-state index in [-0.39, 0.29) is 12.1 Å². The molecule has 0 spiro atoms. The second kappa shape index (κ2) is 6.90. The molecule has 1 aliphatic carbocycles. The Morgan fingerprint density at radius 1 is 1.29 bits per heavy atom. The molecule has 1 fully saturated rings. The van der Waals surface area contributed by atoms with Crippen molar-refractivity contribution in [2.45, 2.75) is 56.9 Å². The fraction of sp³-hybridized carbons (Fsp3) is 0.562. The van der Waals surface area contributed by atoms with Gasteiger partial charge in [0, 0.05) is 11.1 Å². The van der Waals surface area contributed by atoms with Gasteiger partial charge in [-0.3, -0.25) is 0 Å². The molecular formula is C16H22ClN3O3S. The number of H-pyrrole nitrogens is 1. The zero-order chi connectivity index (χ0) is 17.3. The van der Waals surface area contributed by atoms with E-state index in [4.69, 9.17) is 16.3 Å². The summed E-state index contributed by atoms with van der Waals surface area (Å²) in [4.78, 5) is 7.52. The van der Waals surface area contributed by atoms with Crippen molar-refractivity contribution in [1.29, 1.82) is 0 Å². The minimum absolute atomic E-state index is 0.00766. The van der Waals surface area contributed by atoms with Crippen LogP contribution in [0.2, 0.25) is 5.02 Å². The number of halogens is 1. The Bertz CT molecular complexity index is 811. The second-order valence-corrected chi connectivity index (χ2v) is 9.21. The highest BCUT2D eigenvalue weighted by atomic mass is 35.5. The number of aromatic nitrogens is 2. The fourth-order valence-corrected chi connectivity index (χ4v) is 3.98. The summed E-state index contributed by atoms with van der Waals surface area (Å²) in [5.41, 5.74) is 1.66. The zero-order valence-electron chi connectivity index (χ0n) is 13.8. The second-order valence-electron chi connectivity index (χ2n) is 6.51. The number of sulfonamides is 1. The normalized spacial score (nSPS) is 22.2. The number of hydrogen-bond acceptors (Lipinski definition) is 4. The van der Waals surface area contributed by atoms with Gasteiger partial charge in [0.15, 0.2) is 0 Å². The van der Waals surface area contributed by atoms with Gasteiger partial charge in [-0.15, -0.1) is 0 Å². The third-order valence-corrected chi connectivity index (χ3v) is 6.46. The van der Waals surface area contributed by atoms with Crippen LogP contribution >= 0.6 is 11.6 Å². The number of nitrogens with zero attached hydrogens (tertiary/aromatic N) is 1. The highest BCUT2D eigenvalue weighted by Crippen LogP contribution is 2.25. The van der Waals surface area contributed by atoms with Crippen LogP contribution in [0.3, 0.4) is 0 Å². The molecule has 0 amide bonds. The summed E-state index contributed by atoms with van der Waals surface area (Å²) in [5, 5.41) is 0.240. The molecule has 0 bridgehead atoms. The maximum atomic E-state index is 11.9. The molecule has 24 heavy (non-hydrogen) atoms. The standard InChI is InChI=1S/C16H22ClN3O3S/c1-10(2)24(21,22)20-12-4-6-13(7-5-12)23-16-18-14-8-3-11(17)9-15(14)19-16/h3,8-10,12-13,20H,4-7H2,1-2H3,(H,18,19). The molecule has 0 atom stereocenters. The summed E-state index contributed by atoms with van der Waals surface area (Å²) in [6, 6.07) is 5.93. The van der Waals surface area contributed by atoms with Crippen molar-refractivity contribution in [2.75, 3.05) is 0 Å². The molecule has 0 aliphatic heterocycles. The van der Waals surface area contributed by atoms with Crippen LogP contribution in [0, 0.1) is 0 Å². The van der Waals surface area contributed by atoms with Gasteiger partial charge in [-0.1, -0.05) is 11.6 Å². The van der Waals surface area contributed by atoms with Crippen molar-refractivity contribution in [3.05, 3.63) is 23.2 Å². The van der Waals surface area contributed by atoms with E-state index in [1.165, 1.54) is 0 Å². The maximum Gasteiger partial charge on any atom is 0.294 e. The number of fused-ring (bicyclic) bond motifs is 1. The number of ether oxygens (including phenoxy) is 1. The molecule has 1 aliphatic rings. The highest BCUT2D eigenvalue weighted by Gasteiger charge is 2.27. The lowest BCUT2D eigenvalue weighted by molar-refractivity contribution is 0.134. The van der Waals surface area contributed by atoms with Crippen molar-refractivity contribution < 1.29 is 13.2 Å². The number of aromatic amines is 1. The molecule has 2 aromatic rings. The van der Waals surface area contributed by atoms with E-state index in [1.54, 1.807) is 19.9 Å². The van der Waals surface area contributed by atoms with Crippen LogP contribution in [0.1, 0.15) is 39.5 Å². The quantitative estimate of drug-likeness (QED) is 0.845. The summed E-state index contributed by atoms with van der Waals surface area (Å²) >= 11 is 5.97. The van der Waals surface area contributed by atoms with E-state index in [2.05, 4.69) is 14.7 Å². The van der Waals surface area contributed by atoms with Crippen LogP contribution in [-0.4, -0.2) is 35.8 Å². The molecular weight excluding hydrogens is 350 g/mol. The Morgan fingerprint density at radius 2 is 2.00 bits per heavy atom. The summed E-state index contributed by atoms with van der Waals surface area (Å²) in [5.74, 6) is 0. The van der Waals surface area contributed by atoms with Crippen molar-refractivity contribution in [2.24, 2.45) is 0 Å². The fourth-order valence-electron chi connectivity index (χ4n) is 2.84. The first-order chi connectivity index (χ1) is 11.3. The molecule has 0 unspecified atom stereocenters. The Kier molecular flexibility index (Phi) is 5.03. The van der Waals surface area contributed by atoms with Crippen LogP contribution in [0.25, 0.3) is 11.0 Å². The Labute approximate surface area is 147 Å². The largest absolute Gasteiger partial charge is 0.461 e. The van der Waals surface area contributed by atoms with Gasteiger partial charge in [-0.2, -0.15) is 4.98 Å². The first-order valence-electron chi connectivity index (χ1n) is 8.16. The predicted molar refractivity (Wildman–Crippen MR) is 95.0 cm³/mol. The molecule has 132 valence electrons. The lowest BCUT2D eigenvalue weighted by Gasteiger charge is -2.29. The average Bonchev–Trinajstić information content (AvgIpc) is 2.90. The molecule has 1 saturated carbocycles. The van der Waals surface area contributed by atoms with E-state index in [0.29, 0.717) is 11.0 Å². The lowest BCUT2D eigenvalue weighted by Crippen LogP contribution is -2.42. The molecule has 6 nitrogen and oxygen atoms in total. The van der Waals surface area contributed by atoms with Gasteiger partial charge >= 0.3 is 0 Å². The first-order valence-corrected chi connectivity index (χ1v) is 10.1. The summed E-state index contributed by atoms with van der Waals surface area (Å²) in [6.07, 6.45) is 3.16. The minimum atomic E-state index is -3.22. The number of benzene rings is 1. The summed E-state index contributed by atoms with van der Waals surface area (Å²) in [6.45, 7) is 3.37. The summed E-state index contributed by atoms with van der Waals surface area (Å²) in [7, 11) is -3.22. The summed E-state index contributed by atoms with van der Waals surface area (Å²) < 4.78 is 32.6. The predicted octanol–water partition coefficient (Wildman–Crippen LogP) is 3.23. The van der Waals surface area contributed by atoms with Gasteiger partial charge in [0.2, 0.25) is 10.0 Å². The van der Waals surface area contributed by atoms with Crippen LogP contribution < -0.4 is 9.46 Å². The van der Waals surface area contributed by atoms with Crippen LogP contribution in [0.15, 0.2) is 18.2 Å². The van der Waals surface area contributed by atoms with Crippen molar-refractivity contribution in [3.8, 4) is 6.01 Å². The van der Waals surface area contributed by atoms with E-state index >= 15 is 0 Å². The zero-order valence-corrected chi connectivity index (χ0v) is 15.3. The van der Waals surface area contributed by atoms with Gasteiger partial charge < -0.3 is 9.72 Å². The third-order valence-electron chi connectivity index (χ3n) is 4.33. The smallest absolute Gasteiger partial charge is 0.294 e. The Hall–Kier alpha value is -1.31. The van der Waals surface area contributed by atoms with Crippen molar-refractivity contribution in [3.63, 3.8) is 0 Å². The molecule has 0 radical (unpaired) electrons. The molecule has 1 heterocycles. The van der Waals surface area contributed by atoms with Crippen LogP contribution in [-0.2, 0) is 10.0 Å². The SMILES string of the molecule is CC(C)S(=O)(=O)NC1CCC(Oc2nc3ccc(Cl)cc3[nH]2)CC1. The van der Waals surface area contributed by atoms with Crippen molar-refractivity contribution in [1.82, 2.24) is 14.7 Å². The van der Waals surface area contributed by atoms with Gasteiger partial charge in [0.1, 0.15) is 6.10 Å². The molecule has 1 aromatic heterocycles. The number of rotatable bonds is 5. The van der Waals surface area contributed by atoms with Gasteiger partial charge in [-0.25, -0.2) is 13.1 Å². The molecule has 3 rings (SSSR count). The number of nitrogens with one attached hydrogen (secondary N) is 2. The minimum Gasteiger partial charge on any atom is -0.461 e. The number of imidazole rings is 1. The number of hydrogen-bond donors (Lipinski definition) is 2. The van der Waals surface area contributed by atoms with E-state index in [9.17, 15) is 8.42 Å². The Morgan fingerprint density at radius 3 is 2.67 bits per heavy atom.